The molecule has 8 nitrogen and oxygen atoms in total. The van der Waals surface area contributed by atoms with E-state index in [1.807, 2.05) is 45.0 Å². The van der Waals surface area contributed by atoms with Gasteiger partial charge in [0, 0.05) is 28.4 Å². The lowest BCUT2D eigenvalue weighted by molar-refractivity contribution is -0.158. The van der Waals surface area contributed by atoms with Crippen LogP contribution in [0.4, 0.5) is 5.69 Å². The van der Waals surface area contributed by atoms with Crippen LogP contribution >= 0.6 is 11.6 Å². The van der Waals surface area contributed by atoms with Gasteiger partial charge in [0.15, 0.2) is 0 Å². The molecule has 2 aromatic carbocycles. The van der Waals surface area contributed by atoms with Gasteiger partial charge in [-0.25, -0.2) is 4.79 Å². The zero-order valence-electron chi connectivity index (χ0n) is 24.0. The molecule has 0 saturated heterocycles. The highest BCUT2D eigenvalue weighted by molar-refractivity contribution is 6.30. The van der Waals surface area contributed by atoms with Crippen molar-refractivity contribution in [3.05, 3.63) is 58.6 Å². The number of hydrogen-bond acceptors (Lipinski definition) is 6. The minimum atomic E-state index is -1.14. The standard InChI is InChI=1S/C30H39ClN2O6/c1-18(28(36)39-30(5,6)7)32-25(34)16-24-27(35)33(17-29(2,3)4)22-14-13-19(31)15-21(22)26(38-24)20-11-9-10-12-23(20)37-8/h9-15,18,24,26H,16-17H2,1-8H3,(H,32,34)/t18-,24-,26-/m0/s1. The molecule has 0 fully saturated rings. The summed E-state index contributed by atoms with van der Waals surface area (Å²) >= 11 is 6.43. The van der Waals surface area contributed by atoms with Crippen molar-refractivity contribution >= 4 is 35.1 Å². The Bertz CT molecular complexity index is 1220. The number of ether oxygens (including phenoxy) is 3. The van der Waals surface area contributed by atoms with E-state index < -0.39 is 35.7 Å². The molecule has 0 spiro atoms. The number of nitrogens with one attached hydrogen (secondary N) is 1. The number of methoxy groups -OCH3 is 1. The molecule has 2 aromatic rings. The maximum Gasteiger partial charge on any atom is 0.328 e. The van der Waals surface area contributed by atoms with Gasteiger partial charge in [-0.05, 0) is 57.4 Å². The van der Waals surface area contributed by atoms with Gasteiger partial charge in [0.1, 0.15) is 29.6 Å². The number of carbonyl (C=O) groups excluding carboxylic acids is 3. The maximum absolute atomic E-state index is 14.0. The number of hydrogen-bond donors (Lipinski definition) is 1. The summed E-state index contributed by atoms with van der Waals surface area (Å²) in [6, 6.07) is 11.8. The van der Waals surface area contributed by atoms with E-state index in [1.165, 1.54) is 0 Å². The third-order valence-electron chi connectivity index (χ3n) is 5.97. The van der Waals surface area contributed by atoms with Gasteiger partial charge >= 0.3 is 5.97 Å². The lowest BCUT2D eigenvalue weighted by Gasteiger charge is -2.31. The van der Waals surface area contributed by atoms with E-state index in [2.05, 4.69) is 5.32 Å². The van der Waals surface area contributed by atoms with Crippen molar-refractivity contribution < 1.29 is 28.6 Å². The Morgan fingerprint density at radius 3 is 2.36 bits per heavy atom. The van der Waals surface area contributed by atoms with Crippen molar-refractivity contribution in [2.45, 2.75) is 78.7 Å². The average Bonchev–Trinajstić information content (AvgIpc) is 2.92. The van der Waals surface area contributed by atoms with Crippen molar-refractivity contribution in [1.29, 1.82) is 0 Å². The van der Waals surface area contributed by atoms with Gasteiger partial charge in [-0.2, -0.15) is 0 Å². The summed E-state index contributed by atoms with van der Waals surface area (Å²) in [5.74, 6) is -0.852. The van der Waals surface area contributed by atoms with E-state index in [0.717, 1.165) is 0 Å². The van der Waals surface area contributed by atoms with Crippen LogP contribution in [0.15, 0.2) is 42.5 Å². The van der Waals surface area contributed by atoms with Crippen LogP contribution in [0.3, 0.4) is 0 Å². The first-order valence-electron chi connectivity index (χ1n) is 13.0. The van der Waals surface area contributed by atoms with Crippen LogP contribution in [0.1, 0.15) is 72.1 Å². The molecule has 1 N–H and O–H groups in total. The Morgan fingerprint density at radius 1 is 1.08 bits per heavy atom. The molecule has 0 saturated carbocycles. The third-order valence-corrected chi connectivity index (χ3v) is 6.20. The number of nitrogens with zero attached hydrogens (tertiary/aromatic N) is 1. The Labute approximate surface area is 235 Å². The van der Waals surface area contributed by atoms with E-state index in [-0.39, 0.29) is 17.7 Å². The predicted molar refractivity (Wildman–Crippen MR) is 151 cm³/mol. The minimum Gasteiger partial charge on any atom is -0.496 e. The third kappa shape index (κ3) is 7.96. The van der Waals surface area contributed by atoms with E-state index in [1.54, 1.807) is 57.9 Å². The number of halogens is 1. The van der Waals surface area contributed by atoms with Crippen molar-refractivity contribution in [3.63, 3.8) is 0 Å². The molecule has 9 heteroatoms. The molecule has 1 heterocycles. The lowest BCUT2D eigenvalue weighted by Crippen LogP contribution is -2.47. The topological polar surface area (TPSA) is 94.2 Å². The summed E-state index contributed by atoms with van der Waals surface area (Å²) in [5, 5.41) is 3.14. The summed E-state index contributed by atoms with van der Waals surface area (Å²) in [4.78, 5) is 41.2. The molecule has 2 amide bonds. The van der Waals surface area contributed by atoms with Crippen LogP contribution in [-0.2, 0) is 23.9 Å². The van der Waals surface area contributed by atoms with Crippen LogP contribution < -0.4 is 15.0 Å². The first-order chi connectivity index (χ1) is 18.1. The average molecular weight is 559 g/mol. The van der Waals surface area contributed by atoms with Crippen LogP contribution in [-0.4, -0.2) is 49.2 Å². The summed E-state index contributed by atoms with van der Waals surface area (Å²) in [6.45, 7) is 13.3. The molecule has 0 bridgehead atoms. The van der Waals surface area contributed by atoms with Crippen LogP contribution in [0.25, 0.3) is 0 Å². The van der Waals surface area contributed by atoms with Gasteiger partial charge in [0.2, 0.25) is 5.91 Å². The van der Waals surface area contributed by atoms with Crippen molar-refractivity contribution in [2.75, 3.05) is 18.6 Å². The Kier molecular flexibility index (Phi) is 9.34. The van der Waals surface area contributed by atoms with Crippen molar-refractivity contribution in [1.82, 2.24) is 5.32 Å². The second kappa shape index (κ2) is 12.0. The molecule has 39 heavy (non-hydrogen) atoms. The number of fused-ring (bicyclic) bond motifs is 1. The van der Waals surface area contributed by atoms with Crippen molar-refractivity contribution in [2.24, 2.45) is 5.41 Å². The van der Waals surface area contributed by atoms with Gasteiger partial charge in [0.05, 0.1) is 13.5 Å². The molecular weight excluding hydrogens is 520 g/mol. The van der Waals surface area contributed by atoms with Gasteiger partial charge < -0.3 is 24.4 Å². The second-order valence-corrected chi connectivity index (χ2v) is 12.4. The fourth-order valence-electron chi connectivity index (χ4n) is 4.38. The molecule has 0 aliphatic carbocycles. The summed E-state index contributed by atoms with van der Waals surface area (Å²) in [7, 11) is 1.56. The maximum atomic E-state index is 14.0. The normalized spacial score (nSPS) is 18.6. The summed E-state index contributed by atoms with van der Waals surface area (Å²) < 4.78 is 17.4. The quantitative estimate of drug-likeness (QED) is 0.454. The van der Waals surface area contributed by atoms with E-state index >= 15 is 0 Å². The minimum absolute atomic E-state index is 0.255. The molecular formula is C30H39ClN2O6. The number of anilines is 1. The highest BCUT2D eigenvalue weighted by Crippen LogP contribution is 2.43. The zero-order chi connectivity index (χ0) is 29.1. The first kappa shape index (κ1) is 30.4. The highest BCUT2D eigenvalue weighted by Gasteiger charge is 2.40. The van der Waals surface area contributed by atoms with Gasteiger partial charge in [-0.1, -0.05) is 50.6 Å². The number of benzene rings is 2. The van der Waals surface area contributed by atoms with Crippen LogP contribution in [0.2, 0.25) is 5.02 Å². The van der Waals surface area contributed by atoms with Crippen LogP contribution in [0.5, 0.6) is 5.75 Å². The Hall–Kier alpha value is -3.10. The van der Waals surface area contributed by atoms with Crippen molar-refractivity contribution in [3.8, 4) is 5.75 Å². The molecule has 0 unspecified atom stereocenters. The number of amides is 2. The molecule has 3 atom stereocenters. The molecule has 0 radical (unpaired) electrons. The van der Waals surface area contributed by atoms with E-state index in [0.29, 0.717) is 34.1 Å². The van der Waals surface area contributed by atoms with Gasteiger partial charge in [0.25, 0.3) is 5.91 Å². The summed E-state index contributed by atoms with van der Waals surface area (Å²) in [5.41, 5.74) is 1.09. The number of rotatable bonds is 7. The summed E-state index contributed by atoms with van der Waals surface area (Å²) in [6.07, 6.45) is -2.18. The smallest absolute Gasteiger partial charge is 0.328 e. The molecule has 0 aromatic heterocycles. The monoisotopic (exact) mass is 558 g/mol. The van der Waals surface area contributed by atoms with E-state index in [4.69, 9.17) is 25.8 Å². The first-order valence-corrected chi connectivity index (χ1v) is 13.4. The largest absolute Gasteiger partial charge is 0.496 e. The molecule has 1 aliphatic rings. The Balaban J connectivity index is 2.02. The molecule has 212 valence electrons. The molecule has 3 rings (SSSR count). The van der Waals surface area contributed by atoms with Crippen LogP contribution in [0, 0.1) is 5.41 Å². The van der Waals surface area contributed by atoms with Gasteiger partial charge in [-0.15, -0.1) is 0 Å². The fraction of sp³-hybridized carbons (Fsp3) is 0.500. The van der Waals surface area contributed by atoms with E-state index in [9.17, 15) is 14.4 Å². The predicted octanol–water partition coefficient (Wildman–Crippen LogP) is 5.45. The lowest BCUT2D eigenvalue weighted by atomic mass is 9.94. The second-order valence-electron chi connectivity index (χ2n) is 12.0. The number of esters is 1. The zero-order valence-corrected chi connectivity index (χ0v) is 24.7. The Morgan fingerprint density at radius 2 is 1.74 bits per heavy atom. The molecule has 1 aliphatic heterocycles. The number of para-hydroxylation sites is 1. The number of carbonyl (C=O) groups is 3. The fourth-order valence-corrected chi connectivity index (χ4v) is 4.56. The SMILES string of the molecule is COc1ccccc1[C@@H]1O[C@@H](CC(=O)N[C@@H](C)C(=O)OC(C)(C)C)C(=O)N(CC(C)(C)C)c2ccc(Cl)cc21. The highest BCUT2D eigenvalue weighted by atomic mass is 35.5. The van der Waals surface area contributed by atoms with Gasteiger partial charge in [-0.3, -0.25) is 9.59 Å².